The van der Waals surface area contributed by atoms with E-state index in [-0.39, 0.29) is 30.9 Å². The average Bonchev–Trinajstić information content (AvgIpc) is 3.58. The number of furan rings is 2. The summed E-state index contributed by atoms with van der Waals surface area (Å²) < 4.78 is 11.0. The van der Waals surface area contributed by atoms with Crippen molar-refractivity contribution < 1.29 is 18.4 Å². The Morgan fingerprint density at radius 2 is 2.09 bits per heavy atom. The van der Waals surface area contributed by atoms with Crippen LogP contribution in [-0.4, -0.2) is 49.0 Å². The Morgan fingerprint density at radius 1 is 1.27 bits per heavy atom. The molecule has 4 rings (SSSR count). The number of nitrogens with one attached hydrogen (secondary N) is 1. The largest absolute Gasteiger partial charge is 0.467 e. The molecule has 3 aromatic heterocycles. The van der Waals surface area contributed by atoms with E-state index in [4.69, 9.17) is 8.83 Å². The number of carbonyl (C=O) groups is 2. The third kappa shape index (κ3) is 5.68. The molecule has 1 fully saturated rings. The predicted molar refractivity (Wildman–Crippen MR) is 119 cm³/mol. The lowest BCUT2D eigenvalue weighted by molar-refractivity contribution is -0.143. The van der Waals surface area contributed by atoms with E-state index >= 15 is 0 Å². The van der Waals surface area contributed by atoms with Gasteiger partial charge in [-0.15, -0.1) is 10.2 Å². The van der Waals surface area contributed by atoms with Crippen molar-refractivity contribution in [3.8, 4) is 11.6 Å². The van der Waals surface area contributed by atoms with Crippen molar-refractivity contribution in [3.63, 3.8) is 0 Å². The first kappa shape index (κ1) is 22.8. The fraction of sp³-hybridized carbons (Fsp3) is 0.522. The van der Waals surface area contributed by atoms with E-state index in [9.17, 15) is 9.59 Å². The average molecular weight is 455 g/mol. The van der Waals surface area contributed by atoms with Gasteiger partial charge in [-0.05, 0) is 55.7 Å². The number of nitrogens with zero attached hydrogens (tertiary/aromatic N) is 5. The van der Waals surface area contributed by atoms with Gasteiger partial charge in [-0.3, -0.25) is 9.59 Å². The van der Waals surface area contributed by atoms with E-state index in [1.54, 1.807) is 29.4 Å². The highest BCUT2D eigenvalue weighted by Gasteiger charge is 2.32. The van der Waals surface area contributed by atoms with Gasteiger partial charge in [-0.1, -0.05) is 26.2 Å². The number of amides is 2. The summed E-state index contributed by atoms with van der Waals surface area (Å²) in [5.41, 5.74) is 0. The Morgan fingerprint density at radius 3 is 2.76 bits per heavy atom. The minimum Gasteiger partial charge on any atom is -0.467 e. The highest BCUT2D eigenvalue weighted by molar-refractivity contribution is 5.87. The van der Waals surface area contributed by atoms with Crippen molar-refractivity contribution in [2.24, 2.45) is 0 Å². The molecule has 0 bridgehead atoms. The molecule has 1 atom stereocenters. The van der Waals surface area contributed by atoms with Crippen LogP contribution in [0.3, 0.4) is 0 Å². The number of aryl methyl sites for hydroxylation is 1. The van der Waals surface area contributed by atoms with Crippen molar-refractivity contribution in [2.45, 2.75) is 77.5 Å². The molecule has 10 nitrogen and oxygen atoms in total. The van der Waals surface area contributed by atoms with Crippen molar-refractivity contribution in [3.05, 3.63) is 42.0 Å². The first-order valence-corrected chi connectivity index (χ1v) is 11.5. The molecule has 0 spiro atoms. The van der Waals surface area contributed by atoms with E-state index in [2.05, 4.69) is 20.7 Å². The molecule has 0 aromatic carbocycles. The smallest absolute Gasteiger partial charge is 0.247 e. The zero-order chi connectivity index (χ0) is 23.2. The Bertz CT molecular complexity index is 1050. The van der Waals surface area contributed by atoms with Crippen LogP contribution in [0.25, 0.3) is 11.6 Å². The number of hydrogen-bond donors (Lipinski definition) is 1. The summed E-state index contributed by atoms with van der Waals surface area (Å²) in [4.78, 5) is 29.4. The van der Waals surface area contributed by atoms with Gasteiger partial charge in [-0.25, -0.2) is 0 Å². The van der Waals surface area contributed by atoms with Crippen LogP contribution in [0.4, 0.5) is 0 Å². The number of aromatic nitrogens is 4. The Labute approximate surface area is 192 Å². The molecular formula is C23H30N6O4. The molecule has 0 aliphatic heterocycles. The monoisotopic (exact) mass is 454 g/mol. The Kier molecular flexibility index (Phi) is 7.21. The van der Waals surface area contributed by atoms with Gasteiger partial charge in [-0.2, -0.15) is 4.80 Å². The molecule has 0 unspecified atom stereocenters. The van der Waals surface area contributed by atoms with Crippen LogP contribution in [0.1, 0.15) is 57.0 Å². The van der Waals surface area contributed by atoms with Gasteiger partial charge in [0.25, 0.3) is 0 Å². The first-order valence-electron chi connectivity index (χ1n) is 11.5. The number of hydrogen-bond acceptors (Lipinski definition) is 7. The van der Waals surface area contributed by atoms with Gasteiger partial charge in [0.1, 0.15) is 24.1 Å². The van der Waals surface area contributed by atoms with Crippen LogP contribution in [0.5, 0.6) is 0 Å². The topological polar surface area (TPSA) is 119 Å². The van der Waals surface area contributed by atoms with Crippen LogP contribution in [0.15, 0.2) is 39.4 Å². The standard InChI is InChI=1S/C23H30N6O4/c1-3-7-19(23(31)24-17-8-4-5-9-17)28(14-18-10-6-13-32-18)21(30)15-29-26-22(25-27-29)20-12-11-16(2)33-20/h6,10-13,17,19H,3-5,7-9,14-15H2,1-2H3,(H,24,31)/t19-/m1/s1. The fourth-order valence-electron chi connectivity index (χ4n) is 4.19. The third-order valence-corrected chi connectivity index (χ3v) is 5.86. The molecule has 3 heterocycles. The maximum absolute atomic E-state index is 13.4. The van der Waals surface area contributed by atoms with Crippen molar-refractivity contribution in [1.29, 1.82) is 0 Å². The molecule has 33 heavy (non-hydrogen) atoms. The summed E-state index contributed by atoms with van der Waals surface area (Å²) in [7, 11) is 0. The second-order valence-electron chi connectivity index (χ2n) is 8.45. The van der Waals surface area contributed by atoms with E-state index in [0.717, 1.165) is 37.9 Å². The number of rotatable bonds is 10. The lowest BCUT2D eigenvalue weighted by atomic mass is 10.1. The normalized spacial score (nSPS) is 15.0. The van der Waals surface area contributed by atoms with Crippen LogP contribution in [-0.2, 0) is 22.7 Å². The third-order valence-electron chi connectivity index (χ3n) is 5.86. The molecule has 1 saturated carbocycles. The highest BCUT2D eigenvalue weighted by atomic mass is 16.3. The van der Waals surface area contributed by atoms with Crippen LogP contribution < -0.4 is 5.32 Å². The molecule has 176 valence electrons. The molecule has 3 aromatic rings. The van der Waals surface area contributed by atoms with Gasteiger partial charge >= 0.3 is 0 Å². The second-order valence-corrected chi connectivity index (χ2v) is 8.45. The van der Waals surface area contributed by atoms with Crippen LogP contribution >= 0.6 is 0 Å². The summed E-state index contributed by atoms with van der Waals surface area (Å²) >= 11 is 0. The molecule has 1 aliphatic carbocycles. The molecule has 0 radical (unpaired) electrons. The van der Waals surface area contributed by atoms with Gasteiger partial charge in [0.2, 0.25) is 17.6 Å². The lowest BCUT2D eigenvalue weighted by Crippen LogP contribution is -2.51. The van der Waals surface area contributed by atoms with E-state index in [1.165, 1.54) is 4.80 Å². The summed E-state index contributed by atoms with van der Waals surface area (Å²) in [6.07, 6.45) is 7.06. The Balaban J connectivity index is 1.52. The second kappa shape index (κ2) is 10.5. The number of carbonyl (C=O) groups excluding carboxylic acids is 2. The Hall–Kier alpha value is -3.43. The molecule has 2 amide bonds. The van der Waals surface area contributed by atoms with Gasteiger partial charge in [0.15, 0.2) is 5.76 Å². The minimum absolute atomic E-state index is 0.123. The predicted octanol–water partition coefficient (Wildman–Crippen LogP) is 3.09. The van der Waals surface area contributed by atoms with Gasteiger partial charge in [0, 0.05) is 6.04 Å². The zero-order valence-corrected chi connectivity index (χ0v) is 19.1. The van der Waals surface area contributed by atoms with E-state index < -0.39 is 6.04 Å². The summed E-state index contributed by atoms with van der Waals surface area (Å²) in [6.45, 7) is 3.87. The summed E-state index contributed by atoms with van der Waals surface area (Å²) in [5, 5.41) is 15.4. The highest BCUT2D eigenvalue weighted by Crippen LogP contribution is 2.20. The van der Waals surface area contributed by atoms with E-state index in [0.29, 0.717) is 23.8 Å². The van der Waals surface area contributed by atoms with Crippen molar-refractivity contribution in [2.75, 3.05) is 0 Å². The fourth-order valence-corrected chi connectivity index (χ4v) is 4.19. The molecule has 0 saturated heterocycles. The summed E-state index contributed by atoms with van der Waals surface area (Å²) in [6, 6.07) is 6.69. The molecule has 1 N–H and O–H groups in total. The molecular weight excluding hydrogens is 424 g/mol. The minimum atomic E-state index is -0.607. The SMILES string of the molecule is CCC[C@H](C(=O)NC1CCCC1)N(Cc1ccco1)C(=O)Cn1nnc(-c2ccc(C)o2)n1. The molecule has 1 aliphatic rings. The maximum atomic E-state index is 13.4. The van der Waals surface area contributed by atoms with Crippen molar-refractivity contribution in [1.82, 2.24) is 30.4 Å². The van der Waals surface area contributed by atoms with E-state index in [1.807, 2.05) is 19.9 Å². The van der Waals surface area contributed by atoms with Crippen molar-refractivity contribution >= 4 is 11.8 Å². The van der Waals surface area contributed by atoms with Gasteiger partial charge in [0.05, 0.1) is 12.8 Å². The molecule has 10 heteroatoms. The zero-order valence-electron chi connectivity index (χ0n) is 19.1. The first-order chi connectivity index (χ1) is 16.0. The summed E-state index contributed by atoms with van der Waals surface area (Å²) in [5.74, 6) is 1.72. The van der Waals surface area contributed by atoms with Crippen LogP contribution in [0.2, 0.25) is 0 Å². The lowest BCUT2D eigenvalue weighted by Gasteiger charge is -2.31. The quantitative estimate of drug-likeness (QED) is 0.500. The van der Waals surface area contributed by atoms with Gasteiger partial charge < -0.3 is 19.1 Å². The van der Waals surface area contributed by atoms with Crippen LogP contribution in [0, 0.1) is 6.92 Å². The maximum Gasteiger partial charge on any atom is 0.247 e. The number of tetrazole rings is 1.